The fourth-order valence-corrected chi connectivity index (χ4v) is 3.81. The molecule has 0 saturated heterocycles. The van der Waals surface area contributed by atoms with Crippen molar-refractivity contribution < 1.29 is 13.2 Å². The van der Waals surface area contributed by atoms with Crippen molar-refractivity contribution in [2.45, 2.75) is 17.7 Å². The van der Waals surface area contributed by atoms with Crippen molar-refractivity contribution in [1.82, 2.24) is 14.7 Å². The van der Waals surface area contributed by atoms with Gasteiger partial charge < -0.3 is 10.3 Å². The number of benzene rings is 1. The third-order valence-electron chi connectivity index (χ3n) is 3.89. The van der Waals surface area contributed by atoms with Crippen LogP contribution in [0.5, 0.6) is 0 Å². The van der Waals surface area contributed by atoms with Crippen LogP contribution in [0.15, 0.2) is 53.8 Å². The maximum absolute atomic E-state index is 12.4. The van der Waals surface area contributed by atoms with Crippen molar-refractivity contribution in [3.05, 3.63) is 54.5 Å². The molecule has 3 aromatic rings. The molecule has 3 N–H and O–H groups in total. The van der Waals surface area contributed by atoms with E-state index < -0.39 is 15.9 Å². The number of hydrogen-bond donors (Lipinski definition) is 3. The number of fused-ring (bicyclic) bond motifs is 1. The molecule has 0 aliphatic rings. The molecule has 1 amide bonds. The molecule has 1 aromatic carbocycles. The number of sulfonamides is 1. The third-order valence-corrected chi connectivity index (χ3v) is 5.29. The Labute approximate surface area is 145 Å². The highest BCUT2D eigenvalue weighted by molar-refractivity contribution is 7.90. The highest BCUT2D eigenvalue weighted by Gasteiger charge is 2.21. The number of carbonyl (C=O) groups is 1. The number of aromatic nitrogens is 2. The van der Waals surface area contributed by atoms with E-state index in [1.807, 2.05) is 30.5 Å². The van der Waals surface area contributed by atoms with Gasteiger partial charge in [0.25, 0.3) is 10.0 Å². The number of aromatic amines is 1. The molecule has 0 aliphatic heterocycles. The highest BCUT2D eigenvalue weighted by atomic mass is 32.2. The Morgan fingerprint density at radius 1 is 1.24 bits per heavy atom. The second-order valence-corrected chi connectivity index (χ2v) is 7.16. The summed E-state index contributed by atoms with van der Waals surface area (Å²) < 4.78 is 26.9. The molecule has 0 atom stereocenters. The van der Waals surface area contributed by atoms with Crippen LogP contribution in [0.1, 0.15) is 12.0 Å². The molecule has 0 fully saturated rings. The van der Waals surface area contributed by atoms with Gasteiger partial charge in [-0.15, -0.1) is 0 Å². The van der Waals surface area contributed by atoms with Gasteiger partial charge in [-0.3, -0.25) is 9.78 Å². The zero-order chi connectivity index (χ0) is 17.9. The summed E-state index contributed by atoms with van der Waals surface area (Å²) in [4.78, 5) is 19.0. The number of hydrogen-bond acceptors (Lipinski definition) is 5. The van der Waals surface area contributed by atoms with Crippen LogP contribution in [0.4, 0.5) is 5.69 Å². The molecule has 8 heteroatoms. The summed E-state index contributed by atoms with van der Waals surface area (Å²) in [6, 6.07) is 9.29. The number of carbonyl (C=O) groups excluding carboxylic acids is 1. The van der Waals surface area contributed by atoms with E-state index in [0.29, 0.717) is 12.1 Å². The number of rotatable bonds is 6. The van der Waals surface area contributed by atoms with Gasteiger partial charge in [-0.2, -0.15) is 0 Å². The van der Waals surface area contributed by atoms with Crippen molar-refractivity contribution >= 4 is 32.5 Å². The van der Waals surface area contributed by atoms with E-state index in [4.69, 9.17) is 0 Å². The van der Waals surface area contributed by atoms with Crippen LogP contribution in [0, 0.1) is 0 Å². The van der Waals surface area contributed by atoms with Crippen LogP contribution in [-0.4, -0.2) is 31.3 Å². The van der Waals surface area contributed by atoms with Crippen molar-refractivity contribution in [1.29, 1.82) is 0 Å². The highest BCUT2D eigenvalue weighted by Crippen LogP contribution is 2.20. The molecule has 0 aliphatic carbocycles. The minimum Gasteiger partial charge on any atom is -0.387 e. The fraction of sp³-hybridized carbons (Fsp3) is 0.176. The van der Waals surface area contributed by atoms with E-state index in [2.05, 4.69) is 20.0 Å². The van der Waals surface area contributed by atoms with Crippen LogP contribution in [-0.2, 0) is 21.2 Å². The minimum atomic E-state index is -3.97. The molecule has 0 bridgehead atoms. The molecule has 0 spiro atoms. The Balaban J connectivity index is 1.70. The average molecular weight is 358 g/mol. The molecule has 130 valence electrons. The fourth-order valence-electron chi connectivity index (χ4n) is 2.64. The molecule has 7 nitrogen and oxygen atoms in total. The van der Waals surface area contributed by atoms with Gasteiger partial charge in [0.1, 0.15) is 4.90 Å². The van der Waals surface area contributed by atoms with Crippen LogP contribution in [0.2, 0.25) is 0 Å². The van der Waals surface area contributed by atoms with Crippen molar-refractivity contribution in [3.8, 4) is 0 Å². The van der Waals surface area contributed by atoms with Crippen molar-refractivity contribution in [2.24, 2.45) is 0 Å². The molecular weight excluding hydrogens is 340 g/mol. The molecule has 0 radical (unpaired) electrons. The molecule has 0 unspecified atom stereocenters. The maximum atomic E-state index is 12.4. The standard InChI is InChI=1S/C17H18N4O3S/c1-18-15-8-9-19-11-16(15)25(23,24)21-17(22)7-6-12-10-20-14-5-3-2-4-13(12)14/h2-5,8-11,20H,6-7H2,1H3,(H,18,19)(H,21,22). The number of aryl methyl sites for hydroxylation is 1. The predicted molar refractivity (Wildman–Crippen MR) is 95.7 cm³/mol. The van der Waals surface area contributed by atoms with E-state index >= 15 is 0 Å². The van der Waals surface area contributed by atoms with Crippen molar-refractivity contribution in [3.63, 3.8) is 0 Å². The number of amides is 1. The summed E-state index contributed by atoms with van der Waals surface area (Å²) in [7, 11) is -2.36. The quantitative estimate of drug-likeness (QED) is 0.625. The number of para-hydroxylation sites is 1. The molecular formula is C17H18N4O3S. The monoisotopic (exact) mass is 358 g/mol. The zero-order valence-corrected chi connectivity index (χ0v) is 14.4. The summed E-state index contributed by atoms with van der Waals surface area (Å²) >= 11 is 0. The van der Waals surface area contributed by atoms with E-state index in [9.17, 15) is 13.2 Å². The lowest BCUT2D eigenvalue weighted by atomic mass is 10.1. The van der Waals surface area contributed by atoms with Gasteiger partial charge in [0.2, 0.25) is 5.91 Å². The molecule has 25 heavy (non-hydrogen) atoms. The number of nitrogens with zero attached hydrogens (tertiary/aromatic N) is 1. The number of nitrogens with one attached hydrogen (secondary N) is 3. The maximum Gasteiger partial charge on any atom is 0.267 e. The minimum absolute atomic E-state index is 0.0575. The first kappa shape index (κ1) is 17.0. The van der Waals surface area contributed by atoms with E-state index in [1.165, 1.54) is 18.5 Å². The van der Waals surface area contributed by atoms with Crippen LogP contribution in [0.3, 0.4) is 0 Å². The first-order chi connectivity index (χ1) is 12.0. The van der Waals surface area contributed by atoms with Gasteiger partial charge >= 0.3 is 0 Å². The van der Waals surface area contributed by atoms with Gasteiger partial charge in [0, 0.05) is 43.0 Å². The zero-order valence-electron chi connectivity index (χ0n) is 13.6. The normalized spacial score (nSPS) is 11.4. The second-order valence-electron chi connectivity index (χ2n) is 5.51. The Hall–Kier alpha value is -2.87. The number of H-pyrrole nitrogens is 1. The Kier molecular flexibility index (Phi) is 4.71. The lowest BCUT2D eigenvalue weighted by Gasteiger charge is -2.10. The summed E-state index contributed by atoms with van der Waals surface area (Å²) in [6.45, 7) is 0. The number of anilines is 1. The molecule has 0 saturated carbocycles. The average Bonchev–Trinajstić information content (AvgIpc) is 3.03. The first-order valence-corrected chi connectivity index (χ1v) is 9.22. The van der Waals surface area contributed by atoms with E-state index in [-0.39, 0.29) is 11.3 Å². The number of pyridine rings is 1. The Bertz CT molecular complexity index is 1010. The molecule has 3 rings (SSSR count). The van der Waals surface area contributed by atoms with E-state index in [0.717, 1.165) is 16.5 Å². The summed E-state index contributed by atoms with van der Waals surface area (Å²) in [5.74, 6) is -0.559. The smallest absolute Gasteiger partial charge is 0.267 e. The third kappa shape index (κ3) is 3.63. The Morgan fingerprint density at radius 2 is 2.04 bits per heavy atom. The second kappa shape index (κ2) is 6.94. The van der Waals surface area contributed by atoms with Crippen molar-refractivity contribution in [2.75, 3.05) is 12.4 Å². The topological polar surface area (TPSA) is 104 Å². The van der Waals surface area contributed by atoms with E-state index in [1.54, 1.807) is 7.05 Å². The summed E-state index contributed by atoms with van der Waals surface area (Å²) in [6.07, 6.45) is 5.03. The SMILES string of the molecule is CNc1ccncc1S(=O)(=O)NC(=O)CCc1c[nH]c2ccccc12. The van der Waals surface area contributed by atoms with Crippen LogP contribution in [0.25, 0.3) is 10.9 Å². The molecule has 2 heterocycles. The first-order valence-electron chi connectivity index (χ1n) is 7.73. The lowest BCUT2D eigenvalue weighted by molar-refractivity contribution is -0.119. The summed E-state index contributed by atoms with van der Waals surface area (Å²) in [5.41, 5.74) is 2.34. The van der Waals surface area contributed by atoms with Gasteiger partial charge in [0.05, 0.1) is 5.69 Å². The van der Waals surface area contributed by atoms with Gasteiger partial charge in [0.15, 0.2) is 0 Å². The van der Waals surface area contributed by atoms with Crippen LogP contribution < -0.4 is 10.0 Å². The van der Waals surface area contributed by atoms with Gasteiger partial charge in [-0.25, -0.2) is 13.1 Å². The van der Waals surface area contributed by atoms with Gasteiger partial charge in [-0.05, 0) is 24.1 Å². The Morgan fingerprint density at radius 3 is 2.84 bits per heavy atom. The molecule has 2 aromatic heterocycles. The summed E-state index contributed by atoms with van der Waals surface area (Å²) in [5, 5.41) is 3.81. The van der Waals surface area contributed by atoms with Crippen LogP contribution >= 0.6 is 0 Å². The lowest BCUT2D eigenvalue weighted by Crippen LogP contribution is -2.31. The largest absolute Gasteiger partial charge is 0.387 e. The van der Waals surface area contributed by atoms with Gasteiger partial charge in [-0.1, -0.05) is 18.2 Å². The predicted octanol–water partition coefficient (Wildman–Crippen LogP) is 2.04.